The third kappa shape index (κ3) is 2.78. The lowest BCUT2D eigenvalue weighted by Crippen LogP contribution is -2.25. The summed E-state index contributed by atoms with van der Waals surface area (Å²) in [5, 5.41) is 15.1. The van der Waals surface area contributed by atoms with Crippen molar-refractivity contribution in [2.75, 3.05) is 20.3 Å². The van der Waals surface area contributed by atoms with Gasteiger partial charge in [0.05, 0.1) is 11.8 Å². The molecule has 0 saturated heterocycles. The van der Waals surface area contributed by atoms with E-state index < -0.39 is 0 Å². The Morgan fingerprint density at radius 3 is 2.78 bits per heavy atom. The van der Waals surface area contributed by atoms with Crippen LogP contribution in [0.3, 0.4) is 0 Å². The van der Waals surface area contributed by atoms with Gasteiger partial charge in [0.25, 0.3) is 5.69 Å². The van der Waals surface area contributed by atoms with E-state index in [-0.39, 0.29) is 11.6 Å². The SMILES string of the molecule is COCCCOc1no[n+]([O-])c1-c1ccccc1. The van der Waals surface area contributed by atoms with Gasteiger partial charge in [-0.1, -0.05) is 30.3 Å². The third-order valence-electron chi connectivity index (χ3n) is 2.36. The first kappa shape index (κ1) is 12.4. The second-order valence-electron chi connectivity index (χ2n) is 3.64. The summed E-state index contributed by atoms with van der Waals surface area (Å²) in [6, 6.07) is 9.12. The molecule has 0 saturated carbocycles. The molecule has 1 heterocycles. The van der Waals surface area contributed by atoms with Gasteiger partial charge >= 0.3 is 5.88 Å². The standard InChI is InChI=1S/C12H14N2O4/c1-16-8-5-9-17-12-11(14(15)18-13-12)10-6-3-2-4-7-10/h2-4,6-7H,5,8-9H2,1H3. The molecule has 6 heteroatoms. The first-order valence-corrected chi connectivity index (χ1v) is 5.60. The van der Waals surface area contributed by atoms with Gasteiger partial charge in [-0.05, 0) is 4.90 Å². The van der Waals surface area contributed by atoms with Crippen LogP contribution in [0.25, 0.3) is 11.3 Å². The zero-order valence-corrected chi connectivity index (χ0v) is 10.0. The lowest BCUT2D eigenvalue weighted by molar-refractivity contribution is -0.793. The van der Waals surface area contributed by atoms with Crippen LogP contribution in [0.4, 0.5) is 0 Å². The van der Waals surface area contributed by atoms with Crippen molar-refractivity contribution in [1.29, 1.82) is 0 Å². The molecule has 0 aliphatic heterocycles. The average Bonchev–Trinajstić information content (AvgIpc) is 2.77. The number of hydrogen-bond acceptors (Lipinski definition) is 5. The molecule has 0 amide bonds. The number of nitrogens with zero attached hydrogens (tertiary/aromatic N) is 2. The highest BCUT2D eigenvalue weighted by molar-refractivity contribution is 5.60. The Hall–Kier alpha value is -2.08. The second-order valence-corrected chi connectivity index (χ2v) is 3.64. The van der Waals surface area contributed by atoms with Gasteiger partial charge in [0.2, 0.25) is 0 Å². The van der Waals surface area contributed by atoms with Crippen molar-refractivity contribution in [1.82, 2.24) is 5.16 Å². The molecule has 0 radical (unpaired) electrons. The van der Waals surface area contributed by atoms with Crippen LogP contribution >= 0.6 is 0 Å². The van der Waals surface area contributed by atoms with Gasteiger partial charge in [-0.25, -0.2) is 0 Å². The van der Waals surface area contributed by atoms with Gasteiger partial charge in [-0.15, -0.1) is 0 Å². The third-order valence-corrected chi connectivity index (χ3v) is 2.36. The van der Waals surface area contributed by atoms with Crippen molar-refractivity contribution >= 4 is 0 Å². The summed E-state index contributed by atoms with van der Waals surface area (Å²) >= 11 is 0. The lowest BCUT2D eigenvalue weighted by Gasteiger charge is -2.01. The van der Waals surface area contributed by atoms with Gasteiger partial charge < -0.3 is 14.7 Å². The molecule has 0 N–H and O–H groups in total. The van der Waals surface area contributed by atoms with Crippen molar-refractivity contribution in [2.24, 2.45) is 0 Å². The summed E-state index contributed by atoms with van der Waals surface area (Å²) in [5.41, 5.74) is 0.989. The molecule has 18 heavy (non-hydrogen) atoms. The van der Waals surface area contributed by atoms with Crippen molar-refractivity contribution in [3.05, 3.63) is 35.5 Å². The maximum Gasteiger partial charge on any atom is 0.402 e. The van der Waals surface area contributed by atoms with Crippen molar-refractivity contribution in [3.8, 4) is 17.1 Å². The van der Waals surface area contributed by atoms with Crippen molar-refractivity contribution < 1.29 is 19.0 Å². The van der Waals surface area contributed by atoms with Gasteiger partial charge in [0, 0.05) is 25.7 Å². The number of ether oxygens (including phenoxy) is 2. The van der Waals surface area contributed by atoms with Crippen LogP contribution in [0.1, 0.15) is 6.42 Å². The fourth-order valence-corrected chi connectivity index (χ4v) is 1.53. The molecule has 1 aromatic heterocycles. The van der Waals surface area contributed by atoms with Gasteiger partial charge in [0.15, 0.2) is 0 Å². The van der Waals surface area contributed by atoms with Crippen LogP contribution in [0.15, 0.2) is 35.0 Å². The average molecular weight is 250 g/mol. The van der Waals surface area contributed by atoms with Crippen LogP contribution in [0.2, 0.25) is 0 Å². The highest BCUT2D eigenvalue weighted by Gasteiger charge is 2.22. The first-order valence-electron chi connectivity index (χ1n) is 5.60. The van der Waals surface area contributed by atoms with E-state index in [1.807, 2.05) is 18.2 Å². The van der Waals surface area contributed by atoms with Crippen LogP contribution in [-0.2, 0) is 4.74 Å². The monoisotopic (exact) mass is 250 g/mol. The number of benzene rings is 1. The van der Waals surface area contributed by atoms with E-state index in [0.717, 1.165) is 6.42 Å². The Labute approximate surface area is 104 Å². The predicted molar refractivity (Wildman–Crippen MR) is 62.9 cm³/mol. The first-order chi connectivity index (χ1) is 8.83. The molecule has 96 valence electrons. The highest BCUT2D eigenvalue weighted by atomic mass is 16.8. The lowest BCUT2D eigenvalue weighted by atomic mass is 10.2. The summed E-state index contributed by atoms with van der Waals surface area (Å²) in [4.78, 5) is 0.348. The van der Waals surface area contributed by atoms with E-state index in [1.54, 1.807) is 19.2 Å². The highest BCUT2D eigenvalue weighted by Crippen LogP contribution is 2.24. The summed E-state index contributed by atoms with van der Waals surface area (Å²) in [5.74, 6) is 0.201. The maximum absolute atomic E-state index is 11.5. The molecule has 2 aromatic rings. The normalized spacial score (nSPS) is 10.5. The molecule has 0 spiro atoms. The van der Waals surface area contributed by atoms with Crippen molar-refractivity contribution in [2.45, 2.75) is 6.42 Å². The summed E-state index contributed by atoms with van der Waals surface area (Å²) in [6.07, 6.45) is 0.719. The Kier molecular flexibility index (Phi) is 4.14. The van der Waals surface area contributed by atoms with Crippen LogP contribution in [0.5, 0.6) is 5.88 Å². The number of methoxy groups -OCH3 is 1. The predicted octanol–water partition coefficient (Wildman–Crippen LogP) is 1.39. The molecule has 6 nitrogen and oxygen atoms in total. The summed E-state index contributed by atoms with van der Waals surface area (Å²) in [7, 11) is 1.62. The molecular weight excluding hydrogens is 236 g/mol. The number of rotatable bonds is 6. The molecule has 0 fully saturated rings. The van der Waals surface area contributed by atoms with Crippen LogP contribution in [-0.4, -0.2) is 25.5 Å². The van der Waals surface area contributed by atoms with Crippen LogP contribution in [0, 0.1) is 5.21 Å². The smallest absolute Gasteiger partial charge is 0.402 e. The quantitative estimate of drug-likeness (QED) is 0.572. The molecule has 0 unspecified atom stereocenters. The molecule has 1 aromatic carbocycles. The summed E-state index contributed by atoms with van der Waals surface area (Å²) in [6.45, 7) is 1.01. The van der Waals surface area contributed by atoms with E-state index in [1.165, 1.54) is 0 Å². The fraction of sp³-hybridized carbons (Fsp3) is 0.333. The van der Waals surface area contributed by atoms with Gasteiger partial charge in [-0.3, -0.25) is 4.63 Å². The zero-order valence-electron chi connectivity index (χ0n) is 10.0. The Morgan fingerprint density at radius 2 is 2.06 bits per heavy atom. The maximum atomic E-state index is 11.5. The van der Waals surface area contributed by atoms with Gasteiger partial charge in [0.1, 0.15) is 0 Å². The second kappa shape index (κ2) is 6.02. The van der Waals surface area contributed by atoms with Crippen LogP contribution < -0.4 is 9.64 Å². The van der Waals surface area contributed by atoms with E-state index in [2.05, 4.69) is 9.79 Å². The fourth-order valence-electron chi connectivity index (χ4n) is 1.53. The van der Waals surface area contributed by atoms with E-state index in [4.69, 9.17) is 9.47 Å². The molecular formula is C12H14N2O4. The Bertz CT molecular complexity index is 484. The summed E-state index contributed by atoms with van der Waals surface area (Å²) < 4.78 is 14.9. The minimum absolute atomic E-state index is 0.201. The molecule has 0 aliphatic carbocycles. The van der Waals surface area contributed by atoms with E-state index in [9.17, 15) is 5.21 Å². The molecule has 0 atom stereocenters. The Balaban J connectivity index is 2.12. The molecule has 2 rings (SSSR count). The zero-order chi connectivity index (χ0) is 12.8. The molecule has 0 bridgehead atoms. The van der Waals surface area contributed by atoms with Crippen molar-refractivity contribution in [3.63, 3.8) is 0 Å². The number of aromatic nitrogens is 2. The van der Waals surface area contributed by atoms with Gasteiger partial charge in [-0.2, -0.15) is 0 Å². The minimum Gasteiger partial charge on any atom is -0.455 e. The topological polar surface area (TPSA) is 71.4 Å². The van der Waals surface area contributed by atoms with E-state index in [0.29, 0.717) is 23.7 Å². The van der Waals surface area contributed by atoms with E-state index >= 15 is 0 Å². The largest absolute Gasteiger partial charge is 0.455 e. The Morgan fingerprint density at radius 1 is 1.28 bits per heavy atom. The molecule has 0 aliphatic rings. The minimum atomic E-state index is 0.201. The number of hydrogen-bond donors (Lipinski definition) is 0.